The zero-order valence-corrected chi connectivity index (χ0v) is 35.4. The number of hydrogen-bond donors (Lipinski definition) is 4. The third-order valence-corrected chi connectivity index (χ3v) is 7.18. The summed E-state index contributed by atoms with van der Waals surface area (Å²) >= 11 is 0. The molecule has 55 heavy (non-hydrogen) atoms. The Bertz CT molecular complexity index is 1200. The summed E-state index contributed by atoms with van der Waals surface area (Å²) in [5.74, 6) is -0.919. The van der Waals surface area contributed by atoms with Gasteiger partial charge in [-0.3, -0.25) is 14.0 Å². The lowest BCUT2D eigenvalue weighted by molar-refractivity contribution is -0.143. The number of hydrogen-bond acceptors (Lipinski definition) is 11. The Balaban J connectivity index is 0. The van der Waals surface area contributed by atoms with E-state index in [1.807, 2.05) is 62.3 Å². The summed E-state index contributed by atoms with van der Waals surface area (Å²) in [5.41, 5.74) is 3.20. The number of nitrogens with two attached hydrogens (primary N) is 1. The second-order valence-corrected chi connectivity index (χ2v) is 17.0. The predicted molar refractivity (Wildman–Crippen MR) is 207 cm³/mol. The van der Waals surface area contributed by atoms with E-state index in [2.05, 4.69) is 10.6 Å². The van der Waals surface area contributed by atoms with Crippen LogP contribution in [0.2, 0.25) is 0 Å². The van der Waals surface area contributed by atoms with Gasteiger partial charge in [0.1, 0.15) is 28.2 Å². The standard InChI is InChI=1S/C19H34N2O5.C11H19NO4.C7H16N2O2.CH3F/c1-18(2,3)25-16(23)20-11-7-8-15(22)14-9-12-21(13-10-14)17(24)26-19(4,5)6;1-11(2,3)16-10(15)12-6-4-8(5-7-12)9(13)14;1-7(2,3)11-6(10)9-5-4-8;1-2/h14H,7-13H2,1-6H3,(H,20,23);8H,4-7H2,1-3H3,(H,13,14);4-5,8H2,1-3H3,(H,9,10);1H3/i;;;1D. The number of aliphatic carboxylic acids is 1. The molecule has 0 aliphatic carbocycles. The van der Waals surface area contributed by atoms with E-state index in [1.165, 1.54) is 0 Å². The predicted octanol–water partition coefficient (Wildman–Crippen LogP) is 6.28. The maximum absolute atomic E-state index is 12.3. The van der Waals surface area contributed by atoms with Crippen LogP contribution in [0.25, 0.3) is 0 Å². The fraction of sp³-hybridized carbons (Fsp3) is 0.842. The molecule has 2 heterocycles. The van der Waals surface area contributed by atoms with Crippen LogP contribution in [-0.4, -0.2) is 126 Å². The van der Waals surface area contributed by atoms with Gasteiger partial charge in [-0.25, -0.2) is 19.2 Å². The van der Waals surface area contributed by atoms with Gasteiger partial charge in [-0.15, -0.1) is 0 Å². The Kier molecular flexibility index (Phi) is 23.5. The molecule has 16 nitrogen and oxygen atoms in total. The third-order valence-electron chi connectivity index (χ3n) is 7.18. The number of nitrogens with zero attached hydrogens (tertiary/aromatic N) is 2. The number of Topliss-reactive ketones (excluding diaryl/α,β-unsaturated/α-hetero) is 1. The molecule has 2 fully saturated rings. The normalized spacial score (nSPS) is 15.5. The van der Waals surface area contributed by atoms with Crippen LogP contribution in [0, 0.1) is 11.8 Å². The first kappa shape index (κ1) is 51.1. The van der Waals surface area contributed by atoms with Gasteiger partial charge in [-0.1, -0.05) is 0 Å². The molecule has 0 saturated carbocycles. The SMILES string of the molecule is CC(C)(C)OC(=O)N1CCC(C(=O)O)CC1.CC(C)(C)OC(=O)NCCCC(=O)C1CCN(C(=O)OC(C)(C)C)CC1.CC(C)(C)OC(=O)NCCN.[2H]CF. The van der Waals surface area contributed by atoms with Crippen molar-refractivity contribution in [1.29, 1.82) is 0 Å². The van der Waals surface area contributed by atoms with E-state index in [1.54, 1.807) is 30.6 Å². The van der Waals surface area contributed by atoms with Gasteiger partial charge >= 0.3 is 30.3 Å². The van der Waals surface area contributed by atoms with Crippen molar-refractivity contribution in [2.24, 2.45) is 17.6 Å². The van der Waals surface area contributed by atoms with Crippen LogP contribution < -0.4 is 16.4 Å². The molecule has 2 saturated heterocycles. The summed E-state index contributed by atoms with van der Waals surface area (Å²) in [6.07, 6.45) is 1.81. The van der Waals surface area contributed by atoms with Crippen LogP contribution in [-0.2, 0) is 28.5 Å². The van der Waals surface area contributed by atoms with Crippen molar-refractivity contribution in [3.05, 3.63) is 0 Å². The largest absolute Gasteiger partial charge is 0.481 e. The molecule has 0 atom stereocenters. The van der Waals surface area contributed by atoms with Crippen molar-refractivity contribution in [1.82, 2.24) is 20.4 Å². The monoisotopic (exact) mass is 795 g/mol. The lowest BCUT2D eigenvalue weighted by Gasteiger charge is -2.33. The molecular formula is C38H72FN5O11. The van der Waals surface area contributed by atoms with Crippen LogP contribution >= 0.6 is 0 Å². The first-order chi connectivity index (χ1) is 25.5. The highest BCUT2D eigenvalue weighted by molar-refractivity contribution is 5.81. The smallest absolute Gasteiger partial charge is 0.410 e. The number of piperidine rings is 2. The van der Waals surface area contributed by atoms with Crippen molar-refractivity contribution in [2.75, 3.05) is 53.0 Å². The zero-order chi connectivity index (χ0) is 43.9. The molecule has 0 radical (unpaired) electrons. The van der Waals surface area contributed by atoms with Crippen molar-refractivity contribution in [2.45, 2.75) is 144 Å². The van der Waals surface area contributed by atoms with E-state index in [9.17, 15) is 33.2 Å². The molecule has 322 valence electrons. The molecule has 0 bridgehead atoms. The van der Waals surface area contributed by atoms with E-state index in [-0.39, 0.29) is 29.8 Å². The van der Waals surface area contributed by atoms with Crippen LogP contribution in [0.5, 0.6) is 0 Å². The number of likely N-dealkylation sites (tertiary alicyclic amines) is 2. The summed E-state index contributed by atoms with van der Waals surface area (Å²) in [5, 5.41) is 14.0. The summed E-state index contributed by atoms with van der Waals surface area (Å²) < 4.78 is 36.2. The molecule has 17 heteroatoms. The fourth-order valence-electron chi connectivity index (χ4n) is 4.81. The van der Waals surface area contributed by atoms with Gasteiger partial charge in [0.15, 0.2) is 0 Å². The van der Waals surface area contributed by atoms with Crippen LogP contribution in [0.4, 0.5) is 23.6 Å². The van der Waals surface area contributed by atoms with Crippen molar-refractivity contribution in [3.8, 4) is 0 Å². The number of carboxylic acid groups (broad SMARTS) is 1. The van der Waals surface area contributed by atoms with Gasteiger partial charge in [0.25, 0.3) is 0 Å². The number of ether oxygens (including phenoxy) is 4. The number of alkyl halides is 1. The van der Waals surface area contributed by atoms with Crippen LogP contribution in [0.3, 0.4) is 0 Å². The molecule has 0 aromatic heterocycles. The second kappa shape index (κ2) is 25.3. The summed E-state index contributed by atoms with van der Waals surface area (Å²) in [6, 6.07) is 0. The molecular weight excluding hydrogens is 721 g/mol. The minimum atomic E-state index is -1.00. The minimum Gasteiger partial charge on any atom is -0.481 e. The van der Waals surface area contributed by atoms with Gasteiger partial charge in [0.05, 0.1) is 14.4 Å². The lowest BCUT2D eigenvalue weighted by Crippen LogP contribution is -2.43. The number of carbonyl (C=O) groups excluding carboxylic acids is 5. The number of alkyl carbamates (subject to hydrolysis) is 2. The maximum Gasteiger partial charge on any atom is 0.410 e. The van der Waals surface area contributed by atoms with E-state index in [0.29, 0.717) is 84.3 Å². The first-order valence-corrected chi connectivity index (χ1v) is 18.7. The van der Waals surface area contributed by atoms with E-state index in [0.717, 1.165) is 0 Å². The number of halogens is 1. The highest BCUT2D eigenvalue weighted by Crippen LogP contribution is 2.22. The van der Waals surface area contributed by atoms with Gasteiger partial charge in [0, 0.05) is 58.2 Å². The van der Waals surface area contributed by atoms with Crippen LogP contribution in [0.1, 0.15) is 123 Å². The Morgan fingerprint density at radius 3 is 1.29 bits per heavy atom. The molecule has 2 rings (SSSR count). The number of amides is 4. The quantitative estimate of drug-likeness (QED) is 0.158. The van der Waals surface area contributed by atoms with Gasteiger partial charge in [0.2, 0.25) is 0 Å². The molecule has 0 spiro atoms. The van der Waals surface area contributed by atoms with E-state index in [4.69, 9.17) is 31.2 Å². The van der Waals surface area contributed by atoms with Gasteiger partial charge in [-0.05, 0) is 115 Å². The van der Waals surface area contributed by atoms with Crippen LogP contribution in [0.15, 0.2) is 0 Å². The molecule has 0 aromatic carbocycles. The average molecular weight is 795 g/mol. The van der Waals surface area contributed by atoms with E-state index < -0.39 is 47.7 Å². The fourth-order valence-corrected chi connectivity index (χ4v) is 4.81. The highest BCUT2D eigenvalue weighted by Gasteiger charge is 2.31. The molecule has 2 aliphatic rings. The summed E-state index contributed by atoms with van der Waals surface area (Å²) in [6.45, 7) is 25.1. The minimum absolute atomic E-state index is 0.0183. The molecule has 2 aliphatic heterocycles. The Morgan fingerprint density at radius 1 is 0.655 bits per heavy atom. The number of rotatable bonds is 8. The lowest BCUT2D eigenvalue weighted by atomic mass is 9.90. The van der Waals surface area contributed by atoms with Gasteiger partial charge < -0.3 is 50.2 Å². The second-order valence-electron chi connectivity index (χ2n) is 17.0. The Hall–Kier alpha value is -3.89. The van der Waals surface area contributed by atoms with Gasteiger partial charge in [-0.2, -0.15) is 0 Å². The Morgan fingerprint density at radius 2 is 0.982 bits per heavy atom. The first-order valence-electron chi connectivity index (χ1n) is 19.4. The topological polar surface area (TPSA) is 216 Å². The zero-order valence-electron chi connectivity index (χ0n) is 36.4. The molecule has 4 amide bonds. The average Bonchev–Trinajstić information content (AvgIpc) is 3.03. The maximum atomic E-state index is 12.3. The van der Waals surface area contributed by atoms with Crippen molar-refractivity contribution < 1.29 is 58.6 Å². The van der Waals surface area contributed by atoms with Crippen molar-refractivity contribution >= 4 is 36.1 Å². The van der Waals surface area contributed by atoms with Crippen molar-refractivity contribution in [3.63, 3.8) is 0 Å². The molecule has 5 N–H and O–H groups in total. The summed E-state index contributed by atoms with van der Waals surface area (Å²) in [7, 11) is -1.00. The third kappa shape index (κ3) is 29.1. The summed E-state index contributed by atoms with van der Waals surface area (Å²) in [4.78, 5) is 72.3. The highest BCUT2D eigenvalue weighted by atomic mass is 19.1. The Labute approximate surface area is 329 Å². The number of nitrogens with one attached hydrogen (secondary N) is 2. The molecule has 0 unspecified atom stereocenters. The number of carboxylic acids is 1. The number of carbonyl (C=O) groups is 6. The van der Waals surface area contributed by atoms with E-state index >= 15 is 0 Å². The molecule has 0 aromatic rings. The number of ketones is 1.